The van der Waals surface area contributed by atoms with Crippen molar-refractivity contribution in [3.05, 3.63) is 0 Å². The van der Waals surface area contributed by atoms with Crippen LogP contribution in [0.4, 0.5) is 0 Å². The topological polar surface area (TPSA) is 37.3 Å². The van der Waals surface area contributed by atoms with E-state index in [1.807, 2.05) is 0 Å². The molecule has 0 aromatic carbocycles. The minimum absolute atomic E-state index is 0. The molecule has 3 heteroatoms. The standard InChI is InChI=1S/C20H40O2.K.H/c1-2-3-4-5-6-7-8-9-10-11-12-13-14-15-16-17-18-19-20(21)22;;/h2-19H2,1H3,(H,21,22);;/q;+1;-1. The third-order valence-electron chi connectivity index (χ3n) is 4.49. The van der Waals surface area contributed by atoms with Crippen LogP contribution in [0.1, 0.15) is 124 Å². The fourth-order valence-electron chi connectivity index (χ4n) is 3.00. The van der Waals surface area contributed by atoms with Gasteiger partial charge in [-0.25, -0.2) is 0 Å². The predicted molar refractivity (Wildman–Crippen MR) is 97.5 cm³/mol. The number of aliphatic carboxylic acids is 1. The van der Waals surface area contributed by atoms with Crippen LogP contribution >= 0.6 is 0 Å². The van der Waals surface area contributed by atoms with E-state index in [0.29, 0.717) is 6.42 Å². The van der Waals surface area contributed by atoms with Crippen LogP contribution in [0.5, 0.6) is 0 Å². The molecule has 0 amide bonds. The van der Waals surface area contributed by atoms with E-state index in [9.17, 15) is 4.79 Å². The Balaban J connectivity index is -0.00000220. The van der Waals surface area contributed by atoms with Crippen LogP contribution in [0, 0.1) is 0 Å². The second-order valence-electron chi connectivity index (χ2n) is 6.80. The van der Waals surface area contributed by atoms with Crippen molar-refractivity contribution in [2.45, 2.75) is 122 Å². The molecule has 0 atom stereocenters. The molecule has 0 aromatic heterocycles. The zero-order chi connectivity index (χ0) is 16.3. The number of hydrogen-bond donors (Lipinski definition) is 1. The summed E-state index contributed by atoms with van der Waals surface area (Å²) in [5.41, 5.74) is 0. The van der Waals surface area contributed by atoms with Crippen molar-refractivity contribution in [1.29, 1.82) is 0 Å². The van der Waals surface area contributed by atoms with Crippen LogP contribution in [-0.2, 0) is 4.79 Å². The van der Waals surface area contributed by atoms with Gasteiger partial charge in [-0.15, -0.1) is 0 Å². The Hall–Kier alpha value is 1.11. The maximum atomic E-state index is 10.4. The van der Waals surface area contributed by atoms with E-state index < -0.39 is 5.97 Å². The Bertz CT molecular complexity index is 238. The molecule has 0 fully saturated rings. The summed E-state index contributed by atoms with van der Waals surface area (Å²) in [4.78, 5) is 10.4. The zero-order valence-corrected chi connectivity index (χ0v) is 19.2. The van der Waals surface area contributed by atoms with Gasteiger partial charge in [0.25, 0.3) is 0 Å². The number of carboxylic acid groups (broad SMARTS) is 1. The second-order valence-corrected chi connectivity index (χ2v) is 6.80. The number of unbranched alkanes of at least 4 members (excludes halogenated alkanes) is 16. The molecule has 0 unspecified atom stereocenters. The summed E-state index contributed by atoms with van der Waals surface area (Å²) >= 11 is 0. The maximum Gasteiger partial charge on any atom is 1.00 e. The SMILES string of the molecule is CCCCCCCCCCCCCCCCCCCC(=O)O.[H-].[K+]. The number of rotatable bonds is 18. The van der Waals surface area contributed by atoms with Gasteiger partial charge in [-0.05, 0) is 6.42 Å². The minimum atomic E-state index is -0.652. The first kappa shape index (κ1) is 26.3. The summed E-state index contributed by atoms with van der Waals surface area (Å²) in [5.74, 6) is -0.652. The molecule has 0 aliphatic rings. The molecule has 134 valence electrons. The molecule has 0 saturated carbocycles. The van der Waals surface area contributed by atoms with Gasteiger partial charge in [0.2, 0.25) is 0 Å². The van der Waals surface area contributed by atoms with Crippen molar-refractivity contribution < 1.29 is 62.7 Å². The third-order valence-corrected chi connectivity index (χ3v) is 4.49. The fourth-order valence-corrected chi connectivity index (χ4v) is 3.00. The maximum absolute atomic E-state index is 10.4. The predicted octanol–water partition coefficient (Wildman–Crippen LogP) is 4.23. The molecule has 2 nitrogen and oxygen atoms in total. The van der Waals surface area contributed by atoms with Gasteiger partial charge < -0.3 is 6.53 Å². The van der Waals surface area contributed by atoms with Crippen LogP contribution in [-0.4, -0.2) is 11.1 Å². The molecule has 23 heavy (non-hydrogen) atoms. The van der Waals surface area contributed by atoms with Gasteiger partial charge in [-0.1, -0.05) is 110 Å². The van der Waals surface area contributed by atoms with Gasteiger partial charge in [-0.2, -0.15) is 0 Å². The largest absolute Gasteiger partial charge is 1.00 e. The molecular weight excluding hydrogens is 311 g/mol. The molecule has 0 spiro atoms. The Morgan fingerprint density at radius 2 is 0.870 bits per heavy atom. The smallest absolute Gasteiger partial charge is 1.00 e. The van der Waals surface area contributed by atoms with E-state index in [1.165, 1.54) is 96.3 Å². The average Bonchev–Trinajstić information content (AvgIpc) is 2.50. The third kappa shape index (κ3) is 25.5. The molecule has 0 bridgehead atoms. The zero-order valence-electron chi connectivity index (χ0n) is 17.1. The molecule has 0 aliphatic heterocycles. The van der Waals surface area contributed by atoms with Crippen LogP contribution in [0.15, 0.2) is 0 Å². The summed E-state index contributed by atoms with van der Waals surface area (Å²) in [6, 6.07) is 0. The molecule has 0 rings (SSSR count). The van der Waals surface area contributed by atoms with Gasteiger partial charge >= 0.3 is 57.4 Å². The van der Waals surface area contributed by atoms with Crippen molar-refractivity contribution in [1.82, 2.24) is 0 Å². The molecule has 1 N–H and O–H groups in total. The monoisotopic (exact) mass is 352 g/mol. The Morgan fingerprint density at radius 1 is 0.609 bits per heavy atom. The molecule has 0 radical (unpaired) electrons. The van der Waals surface area contributed by atoms with Crippen molar-refractivity contribution in [3.8, 4) is 0 Å². The van der Waals surface area contributed by atoms with Crippen LogP contribution < -0.4 is 51.4 Å². The summed E-state index contributed by atoms with van der Waals surface area (Å²) in [5, 5.41) is 8.54. The molecule has 0 saturated heterocycles. The van der Waals surface area contributed by atoms with E-state index in [-0.39, 0.29) is 52.8 Å². The Kier molecular flexibility index (Phi) is 26.5. The van der Waals surface area contributed by atoms with Crippen molar-refractivity contribution >= 4 is 5.97 Å². The van der Waals surface area contributed by atoms with Crippen LogP contribution in [0.25, 0.3) is 0 Å². The molecule has 0 aromatic rings. The number of carbonyl (C=O) groups is 1. The fraction of sp³-hybridized carbons (Fsp3) is 0.950. The number of hydrogen-bond acceptors (Lipinski definition) is 1. The summed E-state index contributed by atoms with van der Waals surface area (Å²) in [6.07, 6.45) is 23.1. The van der Waals surface area contributed by atoms with Crippen molar-refractivity contribution in [2.75, 3.05) is 0 Å². The van der Waals surface area contributed by atoms with Gasteiger partial charge in [0.05, 0.1) is 0 Å². The Labute approximate surface area is 189 Å². The van der Waals surface area contributed by atoms with E-state index in [0.717, 1.165) is 12.8 Å². The molecular formula is C20H41KO2. The molecule has 0 heterocycles. The number of carboxylic acids is 1. The summed E-state index contributed by atoms with van der Waals surface area (Å²) in [7, 11) is 0. The normalized spacial score (nSPS) is 10.5. The van der Waals surface area contributed by atoms with Crippen LogP contribution in [0.3, 0.4) is 0 Å². The van der Waals surface area contributed by atoms with Gasteiger partial charge in [0.1, 0.15) is 0 Å². The average molecular weight is 353 g/mol. The first-order valence-corrected chi connectivity index (χ1v) is 9.99. The summed E-state index contributed by atoms with van der Waals surface area (Å²) in [6.45, 7) is 2.28. The minimum Gasteiger partial charge on any atom is -1.00 e. The Morgan fingerprint density at radius 3 is 1.13 bits per heavy atom. The van der Waals surface area contributed by atoms with E-state index in [1.54, 1.807) is 0 Å². The first-order chi connectivity index (χ1) is 10.8. The quantitative estimate of drug-likeness (QED) is 0.296. The van der Waals surface area contributed by atoms with Gasteiger partial charge in [0.15, 0.2) is 0 Å². The van der Waals surface area contributed by atoms with E-state index in [2.05, 4.69) is 6.92 Å². The van der Waals surface area contributed by atoms with Gasteiger partial charge in [-0.3, -0.25) is 4.79 Å². The summed E-state index contributed by atoms with van der Waals surface area (Å²) < 4.78 is 0. The van der Waals surface area contributed by atoms with E-state index >= 15 is 0 Å². The first-order valence-electron chi connectivity index (χ1n) is 9.99. The molecule has 0 aliphatic carbocycles. The van der Waals surface area contributed by atoms with Gasteiger partial charge in [0, 0.05) is 6.42 Å². The van der Waals surface area contributed by atoms with Crippen LogP contribution in [0.2, 0.25) is 0 Å². The van der Waals surface area contributed by atoms with Crippen molar-refractivity contribution in [2.24, 2.45) is 0 Å². The van der Waals surface area contributed by atoms with Crippen molar-refractivity contribution in [3.63, 3.8) is 0 Å². The second kappa shape index (κ2) is 23.1. The van der Waals surface area contributed by atoms with E-state index in [4.69, 9.17) is 5.11 Å².